The van der Waals surface area contributed by atoms with Gasteiger partial charge in [0.2, 0.25) is 0 Å². The summed E-state index contributed by atoms with van der Waals surface area (Å²) >= 11 is 7.26. The van der Waals surface area contributed by atoms with Crippen LogP contribution in [-0.2, 0) is 7.05 Å². The largest absolute Gasteiger partial charge is 0.290 e. The fourth-order valence-corrected chi connectivity index (χ4v) is 2.65. The van der Waals surface area contributed by atoms with Crippen molar-refractivity contribution < 1.29 is 0 Å². The number of nitrogens with zero attached hydrogens (tertiary/aromatic N) is 2. The number of halogens is 1. The Balaban J connectivity index is 2.43. The van der Waals surface area contributed by atoms with Crippen LogP contribution in [0.1, 0.15) is 6.92 Å². The van der Waals surface area contributed by atoms with Crippen molar-refractivity contribution in [3.05, 3.63) is 45.7 Å². The minimum Gasteiger partial charge on any atom is -0.290 e. The zero-order chi connectivity index (χ0) is 13.1. The van der Waals surface area contributed by atoms with Gasteiger partial charge in [-0.3, -0.25) is 9.36 Å². The molecule has 0 aliphatic heterocycles. The van der Waals surface area contributed by atoms with Crippen LogP contribution in [0, 0.1) is 0 Å². The van der Waals surface area contributed by atoms with E-state index in [9.17, 15) is 4.79 Å². The van der Waals surface area contributed by atoms with Gasteiger partial charge in [-0.05, 0) is 19.1 Å². The van der Waals surface area contributed by atoms with Crippen molar-refractivity contribution in [3.63, 3.8) is 0 Å². The summed E-state index contributed by atoms with van der Waals surface area (Å²) in [4.78, 5) is 16.6. The fraction of sp³-hybridized carbons (Fsp3) is 0.231. The number of hydrogen-bond acceptors (Lipinski definition) is 3. The summed E-state index contributed by atoms with van der Waals surface area (Å²) in [6, 6.07) is 7.37. The van der Waals surface area contributed by atoms with E-state index in [2.05, 4.69) is 4.98 Å². The molecular formula is C13H13ClN2OS. The van der Waals surface area contributed by atoms with Crippen LogP contribution in [0.2, 0.25) is 0 Å². The molecule has 0 radical (unpaired) electrons. The summed E-state index contributed by atoms with van der Waals surface area (Å²) in [5, 5.41) is 2.09. The van der Waals surface area contributed by atoms with Crippen LogP contribution in [-0.4, -0.2) is 15.3 Å². The van der Waals surface area contributed by atoms with Crippen molar-refractivity contribution in [1.82, 2.24) is 9.55 Å². The van der Waals surface area contributed by atoms with Crippen LogP contribution in [0.5, 0.6) is 0 Å². The Kier molecular flexibility index (Phi) is 4.09. The molecule has 0 fully saturated rings. The van der Waals surface area contributed by atoms with Gasteiger partial charge >= 0.3 is 0 Å². The van der Waals surface area contributed by atoms with E-state index in [1.54, 1.807) is 17.7 Å². The van der Waals surface area contributed by atoms with Gasteiger partial charge in [0, 0.05) is 17.8 Å². The average Bonchev–Trinajstić information content (AvgIpc) is 2.35. The van der Waals surface area contributed by atoms with Gasteiger partial charge < -0.3 is 0 Å². The molecule has 0 atom stereocenters. The highest BCUT2D eigenvalue weighted by Gasteiger charge is 2.07. The molecule has 0 saturated heterocycles. The van der Waals surface area contributed by atoms with Crippen molar-refractivity contribution in [2.24, 2.45) is 7.05 Å². The molecule has 1 aromatic carbocycles. The number of rotatable bonds is 3. The first-order chi connectivity index (χ1) is 8.59. The van der Waals surface area contributed by atoms with E-state index in [0.717, 1.165) is 10.5 Å². The van der Waals surface area contributed by atoms with Crippen LogP contribution >= 0.6 is 23.4 Å². The van der Waals surface area contributed by atoms with Crippen molar-refractivity contribution in [3.8, 4) is 0 Å². The average molecular weight is 281 g/mol. The zero-order valence-corrected chi connectivity index (χ0v) is 11.8. The first-order valence-electron chi connectivity index (χ1n) is 5.50. The maximum atomic E-state index is 12.1. The highest BCUT2D eigenvalue weighted by molar-refractivity contribution is 7.99. The van der Waals surface area contributed by atoms with E-state index < -0.39 is 0 Å². The molecular weight excluding hydrogens is 268 g/mol. The standard InChI is InChI=1S/C13H13ClN2OS/c1-9(14)7-8-18-13-15-11-6-4-3-5-10(11)12(17)16(13)2/h3-7H,8H2,1-2H3/b9-7-. The van der Waals surface area contributed by atoms with E-state index >= 15 is 0 Å². The van der Waals surface area contributed by atoms with Crippen LogP contribution in [0.4, 0.5) is 0 Å². The molecule has 1 aromatic heterocycles. The minimum atomic E-state index is -0.0188. The van der Waals surface area contributed by atoms with Gasteiger partial charge in [-0.2, -0.15) is 0 Å². The summed E-state index contributed by atoms with van der Waals surface area (Å²) in [6.07, 6.45) is 1.90. The van der Waals surface area contributed by atoms with Crippen molar-refractivity contribution in [2.45, 2.75) is 12.1 Å². The van der Waals surface area contributed by atoms with Gasteiger partial charge in [-0.15, -0.1) is 0 Å². The number of benzene rings is 1. The van der Waals surface area contributed by atoms with Gasteiger partial charge in [0.1, 0.15) is 0 Å². The van der Waals surface area contributed by atoms with Gasteiger partial charge in [0.05, 0.1) is 10.9 Å². The van der Waals surface area contributed by atoms with Crippen LogP contribution in [0.15, 0.2) is 45.3 Å². The third kappa shape index (κ3) is 2.76. The number of para-hydroxylation sites is 1. The maximum Gasteiger partial charge on any atom is 0.261 e. The number of allylic oxidation sites excluding steroid dienone is 1. The summed E-state index contributed by atoms with van der Waals surface area (Å²) in [5.74, 6) is 0.702. The van der Waals surface area contributed by atoms with Gasteiger partial charge in [0.15, 0.2) is 5.16 Å². The minimum absolute atomic E-state index is 0.0188. The SMILES string of the molecule is C/C(Cl)=C/CSc1nc2ccccc2c(=O)n1C. The maximum absolute atomic E-state index is 12.1. The van der Waals surface area contributed by atoms with Crippen molar-refractivity contribution in [2.75, 3.05) is 5.75 Å². The lowest BCUT2D eigenvalue weighted by Gasteiger charge is -2.07. The van der Waals surface area contributed by atoms with Crippen LogP contribution in [0.3, 0.4) is 0 Å². The Morgan fingerprint density at radius 1 is 1.50 bits per heavy atom. The Bertz CT molecular complexity index is 660. The second kappa shape index (κ2) is 5.59. The predicted octanol–water partition coefficient (Wildman–Crippen LogP) is 3.17. The molecule has 1 heterocycles. The number of fused-ring (bicyclic) bond motifs is 1. The number of hydrogen-bond donors (Lipinski definition) is 0. The summed E-state index contributed by atoms with van der Waals surface area (Å²) in [6.45, 7) is 1.83. The number of aromatic nitrogens is 2. The molecule has 5 heteroatoms. The fourth-order valence-electron chi connectivity index (χ4n) is 1.56. The second-order valence-corrected chi connectivity index (χ2v) is 5.46. The topological polar surface area (TPSA) is 34.9 Å². The summed E-state index contributed by atoms with van der Waals surface area (Å²) in [7, 11) is 1.74. The highest BCUT2D eigenvalue weighted by Crippen LogP contribution is 2.17. The lowest BCUT2D eigenvalue weighted by atomic mass is 10.2. The summed E-state index contributed by atoms with van der Waals surface area (Å²) < 4.78 is 1.57. The Morgan fingerprint density at radius 3 is 2.94 bits per heavy atom. The molecule has 0 saturated carbocycles. The predicted molar refractivity (Wildman–Crippen MR) is 77.3 cm³/mol. The van der Waals surface area contributed by atoms with Crippen molar-refractivity contribution in [1.29, 1.82) is 0 Å². The molecule has 0 unspecified atom stereocenters. The molecule has 18 heavy (non-hydrogen) atoms. The second-order valence-electron chi connectivity index (χ2n) is 3.88. The molecule has 0 aliphatic carbocycles. The highest BCUT2D eigenvalue weighted by atomic mass is 35.5. The lowest BCUT2D eigenvalue weighted by molar-refractivity contribution is 0.727. The lowest BCUT2D eigenvalue weighted by Crippen LogP contribution is -2.19. The monoisotopic (exact) mass is 280 g/mol. The molecule has 2 aromatic rings. The first-order valence-corrected chi connectivity index (χ1v) is 6.87. The van der Waals surface area contributed by atoms with E-state index in [1.807, 2.05) is 31.2 Å². The number of thioether (sulfide) groups is 1. The Morgan fingerprint density at radius 2 is 2.22 bits per heavy atom. The van der Waals surface area contributed by atoms with E-state index in [1.165, 1.54) is 11.8 Å². The third-order valence-electron chi connectivity index (χ3n) is 2.52. The van der Waals surface area contributed by atoms with Gasteiger partial charge in [-0.25, -0.2) is 4.98 Å². The van der Waals surface area contributed by atoms with Gasteiger partial charge in [0.25, 0.3) is 5.56 Å². The molecule has 0 spiro atoms. The molecule has 2 rings (SSSR count). The molecule has 0 bridgehead atoms. The Labute approximate surface area is 114 Å². The smallest absolute Gasteiger partial charge is 0.261 e. The quantitative estimate of drug-likeness (QED) is 0.640. The normalized spacial score (nSPS) is 12.1. The molecule has 94 valence electrons. The molecule has 0 N–H and O–H groups in total. The summed E-state index contributed by atoms with van der Waals surface area (Å²) in [5.41, 5.74) is 0.712. The first kappa shape index (κ1) is 13.2. The van der Waals surface area contributed by atoms with Crippen LogP contribution < -0.4 is 5.56 Å². The van der Waals surface area contributed by atoms with Gasteiger partial charge in [-0.1, -0.05) is 41.6 Å². The van der Waals surface area contributed by atoms with E-state index in [0.29, 0.717) is 16.3 Å². The van der Waals surface area contributed by atoms with Crippen LogP contribution in [0.25, 0.3) is 10.9 Å². The molecule has 0 amide bonds. The van der Waals surface area contributed by atoms with E-state index in [4.69, 9.17) is 11.6 Å². The Hall–Kier alpha value is -1.26. The molecule has 0 aliphatic rings. The van der Waals surface area contributed by atoms with E-state index in [-0.39, 0.29) is 5.56 Å². The molecule has 3 nitrogen and oxygen atoms in total. The third-order valence-corrected chi connectivity index (χ3v) is 3.63. The zero-order valence-electron chi connectivity index (χ0n) is 10.2. The van der Waals surface area contributed by atoms with Crippen molar-refractivity contribution >= 4 is 34.3 Å².